The highest BCUT2D eigenvalue weighted by molar-refractivity contribution is 6.32. The molecule has 0 atom stereocenters. The monoisotopic (exact) mass is 427 g/mol. The Bertz CT molecular complexity index is 1160. The zero-order chi connectivity index (χ0) is 21.3. The van der Waals surface area contributed by atoms with E-state index in [-0.39, 0.29) is 18.5 Å². The Morgan fingerprint density at radius 1 is 1.20 bits per heavy atom. The maximum atomic E-state index is 11.8. The maximum absolute atomic E-state index is 11.8. The van der Waals surface area contributed by atoms with Crippen molar-refractivity contribution in [3.63, 3.8) is 0 Å². The highest BCUT2D eigenvalue weighted by atomic mass is 35.5. The van der Waals surface area contributed by atoms with Crippen molar-refractivity contribution in [2.75, 3.05) is 0 Å². The fourth-order valence-corrected chi connectivity index (χ4v) is 2.70. The lowest BCUT2D eigenvalue weighted by atomic mass is 10.2. The predicted octanol–water partition coefficient (Wildman–Crippen LogP) is 1.77. The molecule has 1 aromatic heterocycles. The third kappa shape index (κ3) is 6.14. The van der Waals surface area contributed by atoms with Crippen molar-refractivity contribution in [3.8, 4) is 5.75 Å². The molecule has 0 aliphatic carbocycles. The van der Waals surface area contributed by atoms with Crippen LogP contribution >= 0.6 is 11.6 Å². The van der Waals surface area contributed by atoms with E-state index in [9.17, 15) is 14.4 Å². The van der Waals surface area contributed by atoms with Crippen LogP contribution in [-0.2, 0) is 17.8 Å². The molecule has 0 unspecified atom stereocenters. The number of aryl methyl sites for hydroxylation is 1. The van der Waals surface area contributed by atoms with E-state index in [0.717, 1.165) is 5.56 Å². The van der Waals surface area contributed by atoms with Crippen molar-refractivity contribution >= 4 is 23.7 Å². The third-order valence-corrected chi connectivity index (χ3v) is 4.26. The van der Waals surface area contributed by atoms with Gasteiger partial charge in [-0.2, -0.15) is 10.2 Å². The first-order valence-electron chi connectivity index (χ1n) is 8.97. The number of rotatable bonds is 8. The number of amides is 1. The molecule has 9 nitrogen and oxygen atoms in total. The minimum absolute atomic E-state index is 0.0213. The van der Waals surface area contributed by atoms with E-state index in [4.69, 9.17) is 16.3 Å². The number of halogens is 1. The van der Waals surface area contributed by atoms with E-state index < -0.39 is 17.2 Å². The van der Waals surface area contributed by atoms with Gasteiger partial charge in [0.15, 0.2) is 0 Å². The molecular weight excluding hydrogens is 410 g/mol. The molecule has 0 saturated heterocycles. The molecule has 0 spiro atoms. The van der Waals surface area contributed by atoms with E-state index in [0.29, 0.717) is 22.9 Å². The molecule has 3 aromatic rings. The number of hydrogen-bond donors (Lipinski definition) is 3. The number of carbonyl (C=O) groups is 1. The summed E-state index contributed by atoms with van der Waals surface area (Å²) in [5.41, 5.74) is 2.79. The van der Waals surface area contributed by atoms with Crippen molar-refractivity contribution in [2.24, 2.45) is 5.10 Å². The molecule has 1 amide bonds. The number of H-pyrrole nitrogens is 2. The minimum Gasteiger partial charge on any atom is -0.487 e. The van der Waals surface area contributed by atoms with Gasteiger partial charge in [0.2, 0.25) is 5.91 Å². The fraction of sp³-hybridized carbons (Fsp3) is 0.150. The molecule has 0 radical (unpaired) electrons. The molecule has 0 aliphatic rings. The van der Waals surface area contributed by atoms with Crippen molar-refractivity contribution in [3.05, 3.63) is 91.2 Å². The van der Waals surface area contributed by atoms with E-state index in [1.54, 1.807) is 18.2 Å². The molecule has 10 heteroatoms. The number of benzene rings is 2. The molecule has 0 aliphatic heterocycles. The van der Waals surface area contributed by atoms with Crippen LogP contribution in [-0.4, -0.2) is 27.3 Å². The van der Waals surface area contributed by atoms with Crippen molar-refractivity contribution in [1.82, 2.24) is 20.6 Å². The maximum Gasteiger partial charge on any atom is 0.342 e. The average molecular weight is 428 g/mol. The second-order valence-electron chi connectivity index (χ2n) is 6.21. The summed E-state index contributed by atoms with van der Waals surface area (Å²) in [6.07, 6.45) is 1.48. The summed E-state index contributed by atoms with van der Waals surface area (Å²) >= 11 is 6.24. The van der Waals surface area contributed by atoms with Crippen LogP contribution in [0.2, 0.25) is 5.02 Å². The number of hydrogen-bond acceptors (Lipinski definition) is 6. The number of nitrogens with one attached hydrogen (secondary N) is 3. The van der Waals surface area contributed by atoms with Gasteiger partial charge in [-0.3, -0.25) is 14.6 Å². The zero-order valence-electron chi connectivity index (χ0n) is 15.7. The van der Waals surface area contributed by atoms with Gasteiger partial charge >= 0.3 is 5.69 Å². The van der Waals surface area contributed by atoms with E-state index in [1.165, 1.54) is 6.21 Å². The summed E-state index contributed by atoms with van der Waals surface area (Å²) in [5.74, 6) is 0.132. The van der Waals surface area contributed by atoms with Gasteiger partial charge in [0.1, 0.15) is 18.1 Å². The fourth-order valence-electron chi connectivity index (χ4n) is 2.46. The van der Waals surface area contributed by atoms with Crippen LogP contribution in [0, 0.1) is 0 Å². The lowest BCUT2D eigenvalue weighted by Crippen LogP contribution is -2.28. The molecule has 30 heavy (non-hydrogen) atoms. The first-order chi connectivity index (χ1) is 14.5. The van der Waals surface area contributed by atoms with Gasteiger partial charge in [-0.1, -0.05) is 41.9 Å². The second-order valence-corrected chi connectivity index (χ2v) is 6.62. The number of hydrazone groups is 1. The zero-order valence-corrected chi connectivity index (χ0v) is 16.5. The van der Waals surface area contributed by atoms with Gasteiger partial charge in [0, 0.05) is 12.8 Å². The Morgan fingerprint density at radius 3 is 2.73 bits per heavy atom. The summed E-state index contributed by atoms with van der Waals surface area (Å²) in [6, 6.07) is 14.9. The normalized spacial score (nSPS) is 10.8. The SMILES string of the molecule is O=C(CCc1n[nH]c(=O)[nH]c1=O)N/N=C/c1ccc(OCc2ccccc2)c(Cl)c1. The standard InChI is InChI=1S/C20H18ClN5O4/c21-15-10-14(6-8-17(15)30-12-13-4-2-1-3-5-13)11-22-25-18(27)9-7-16-19(28)23-20(29)26-24-16/h1-6,8,10-11H,7,9,12H2,(H,25,27)(H2,23,26,28,29)/b22-11+. The van der Waals surface area contributed by atoms with Crippen LogP contribution in [0.3, 0.4) is 0 Å². The number of carbonyl (C=O) groups excluding carboxylic acids is 1. The van der Waals surface area contributed by atoms with E-state index in [2.05, 4.69) is 20.7 Å². The van der Waals surface area contributed by atoms with Crippen LogP contribution in [0.15, 0.2) is 63.2 Å². The van der Waals surface area contributed by atoms with Gasteiger partial charge in [0.05, 0.1) is 11.2 Å². The molecule has 0 bridgehead atoms. The molecule has 154 valence electrons. The van der Waals surface area contributed by atoms with Crippen LogP contribution in [0.5, 0.6) is 5.75 Å². The largest absolute Gasteiger partial charge is 0.487 e. The topological polar surface area (TPSA) is 129 Å². The summed E-state index contributed by atoms with van der Waals surface area (Å²) in [5, 5.41) is 10.0. The molecule has 2 aromatic carbocycles. The quantitative estimate of drug-likeness (QED) is 0.372. The molecule has 3 N–H and O–H groups in total. The first kappa shape index (κ1) is 21.0. The molecular formula is C20H18ClN5O4. The van der Waals surface area contributed by atoms with Crippen LogP contribution in [0.1, 0.15) is 23.2 Å². The predicted molar refractivity (Wildman–Crippen MR) is 112 cm³/mol. The lowest BCUT2D eigenvalue weighted by Gasteiger charge is -2.08. The number of nitrogens with zero attached hydrogens (tertiary/aromatic N) is 2. The van der Waals surface area contributed by atoms with Crippen LogP contribution < -0.4 is 21.4 Å². The smallest absolute Gasteiger partial charge is 0.342 e. The van der Waals surface area contributed by atoms with E-state index >= 15 is 0 Å². The van der Waals surface area contributed by atoms with Gasteiger partial charge in [-0.05, 0) is 29.3 Å². The van der Waals surface area contributed by atoms with Gasteiger partial charge in [-0.15, -0.1) is 0 Å². The Balaban J connectivity index is 1.49. The van der Waals surface area contributed by atoms with Crippen molar-refractivity contribution in [2.45, 2.75) is 19.4 Å². The third-order valence-electron chi connectivity index (χ3n) is 3.97. The van der Waals surface area contributed by atoms with Gasteiger partial charge < -0.3 is 4.74 Å². The minimum atomic E-state index is -0.701. The highest BCUT2D eigenvalue weighted by Crippen LogP contribution is 2.25. The van der Waals surface area contributed by atoms with Crippen LogP contribution in [0.25, 0.3) is 0 Å². The summed E-state index contributed by atoms with van der Waals surface area (Å²) in [6.45, 7) is 0.400. The summed E-state index contributed by atoms with van der Waals surface area (Å²) in [4.78, 5) is 36.3. The van der Waals surface area contributed by atoms with Gasteiger partial charge in [-0.25, -0.2) is 15.3 Å². The lowest BCUT2D eigenvalue weighted by molar-refractivity contribution is -0.121. The average Bonchev–Trinajstić information content (AvgIpc) is 2.73. The molecule has 3 rings (SSSR count). The molecule has 0 fully saturated rings. The highest BCUT2D eigenvalue weighted by Gasteiger charge is 2.07. The molecule has 1 heterocycles. The molecule has 0 saturated carbocycles. The number of aromatic nitrogens is 3. The Labute approximate surface area is 175 Å². The van der Waals surface area contributed by atoms with Crippen molar-refractivity contribution < 1.29 is 9.53 Å². The second kappa shape index (κ2) is 10.2. The Kier molecular flexibility index (Phi) is 7.12. The summed E-state index contributed by atoms with van der Waals surface area (Å²) in [7, 11) is 0. The van der Waals surface area contributed by atoms with Crippen LogP contribution in [0.4, 0.5) is 0 Å². The Morgan fingerprint density at radius 2 is 2.00 bits per heavy atom. The van der Waals surface area contributed by atoms with Crippen molar-refractivity contribution in [1.29, 1.82) is 0 Å². The first-order valence-corrected chi connectivity index (χ1v) is 9.35. The van der Waals surface area contributed by atoms with Gasteiger partial charge in [0.25, 0.3) is 5.56 Å². The van der Waals surface area contributed by atoms with E-state index in [1.807, 2.05) is 35.3 Å². The summed E-state index contributed by atoms with van der Waals surface area (Å²) < 4.78 is 5.71. The number of ether oxygens (including phenoxy) is 1. The Hall–Kier alpha value is -3.72. The number of aromatic amines is 2.